The van der Waals surface area contributed by atoms with Gasteiger partial charge in [-0.1, -0.05) is 55.0 Å². The number of hydrogen-bond acceptors (Lipinski definition) is 3. The first-order valence-corrected chi connectivity index (χ1v) is 12.6. The van der Waals surface area contributed by atoms with Gasteiger partial charge in [0.2, 0.25) is 0 Å². The third-order valence-electron chi connectivity index (χ3n) is 7.05. The Hall–Kier alpha value is -1.65. The van der Waals surface area contributed by atoms with Crippen molar-refractivity contribution in [2.45, 2.75) is 61.0 Å². The third-order valence-corrected chi connectivity index (χ3v) is 9.69. The van der Waals surface area contributed by atoms with Crippen molar-refractivity contribution in [2.24, 2.45) is 5.92 Å². The van der Waals surface area contributed by atoms with E-state index in [0.29, 0.717) is 4.90 Å². The fraction of sp³-hybridized carbons (Fsp3) is 0.520. The Morgan fingerprint density at radius 2 is 1.66 bits per heavy atom. The van der Waals surface area contributed by atoms with E-state index in [1.807, 2.05) is 18.2 Å². The molecule has 1 unspecified atom stereocenters. The molecular formula is C25H33NO2S. The Labute approximate surface area is 176 Å². The molecule has 1 heterocycles. The summed E-state index contributed by atoms with van der Waals surface area (Å²) in [6, 6.07) is 19.8. The molecular weight excluding hydrogens is 378 g/mol. The van der Waals surface area contributed by atoms with Crippen LogP contribution in [0.15, 0.2) is 65.6 Å². The maximum Gasteiger partial charge on any atom is 0.184 e. The molecule has 0 N–H and O–H groups in total. The summed E-state index contributed by atoms with van der Waals surface area (Å²) in [7, 11) is -3.23. The van der Waals surface area contributed by atoms with Crippen LogP contribution in [-0.4, -0.2) is 37.7 Å². The standard InChI is InChI=1S/C25H33NO2S/c27-29(28,24-11-5-2-6-12-24)25(16-7-17-25)18-8-19-26-20-15-23(21-26)14-13-22-9-3-1-4-10-22/h1-6,9-12,23H,7-8,13-21H2. The molecule has 29 heavy (non-hydrogen) atoms. The van der Waals surface area contributed by atoms with Gasteiger partial charge in [0.15, 0.2) is 9.84 Å². The van der Waals surface area contributed by atoms with Crippen molar-refractivity contribution in [3.63, 3.8) is 0 Å². The number of nitrogens with zero attached hydrogens (tertiary/aromatic N) is 1. The molecule has 0 spiro atoms. The van der Waals surface area contributed by atoms with Crippen LogP contribution >= 0.6 is 0 Å². The van der Waals surface area contributed by atoms with Gasteiger partial charge >= 0.3 is 0 Å². The van der Waals surface area contributed by atoms with Gasteiger partial charge in [0.25, 0.3) is 0 Å². The van der Waals surface area contributed by atoms with Crippen LogP contribution < -0.4 is 0 Å². The van der Waals surface area contributed by atoms with E-state index < -0.39 is 14.6 Å². The fourth-order valence-electron chi connectivity index (χ4n) is 5.07. The first-order valence-electron chi connectivity index (χ1n) is 11.2. The van der Waals surface area contributed by atoms with Crippen molar-refractivity contribution in [1.82, 2.24) is 4.90 Å². The summed E-state index contributed by atoms with van der Waals surface area (Å²) in [4.78, 5) is 3.05. The Balaban J connectivity index is 1.25. The molecule has 1 atom stereocenters. The fourth-order valence-corrected chi connectivity index (χ4v) is 7.32. The highest BCUT2D eigenvalue weighted by Crippen LogP contribution is 2.46. The number of sulfone groups is 1. The normalized spacial score (nSPS) is 21.7. The van der Waals surface area contributed by atoms with Gasteiger partial charge in [0.1, 0.15) is 0 Å². The number of aryl methyl sites for hydroxylation is 1. The molecule has 3 nitrogen and oxygen atoms in total. The summed E-state index contributed by atoms with van der Waals surface area (Å²) < 4.78 is 25.9. The van der Waals surface area contributed by atoms with Crippen LogP contribution in [0, 0.1) is 5.92 Å². The van der Waals surface area contributed by atoms with Crippen LogP contribution in [0.5, 0.6) is 0 Å². The minimum absolute atomic E-state index is 0.502. The average molecular weight is 412 g/mol. The lowest BCUT2D eigenvalue weighted by Gasteiger charge is -2.41. The Kier molecular flexibility index (Phi) is 6.41. The van der Waals surface area contributed by atoms with Gasteiger partial charge in [-0.15, -0.1) is 0 Å². The lowest BCUT2D eigenvalue weighted by Crippen LogP contribution is -2.45. The van der Waals surface area contributed by atoms with Crippen LogP contribution in [0.2, 0.25) is 0 Å². The zero-order chi connectivity index (χ0) is 20.2. The Morgan fingerprint density at radius 3 is 2.31 bits per heavy atom. The van der Waals surface area contributed by atoms with E-state index in [2.05, 4.69) is 35.2 Å². The van der Waals surface area contributed by atoms with Crippen molar-refractivity contribution >= 4 is 9.84 Å². The molecule has 4 heteroatoms. The van der Waals surface area contributed by atoms with E-state index in [0.717, 1.165) is 57.5 Å². The zero-order valence-corrected chi connectivity index (χ0v) is 18.1. The van der Waals surface area contributed by atoms with E-state index in [1.54, 1.807) is 12.1 Å². The summed E-state index contributed by atoms with van der Waals surface area (Å²) in [5, 5.41) is 0. The first-order chi connectivity index (χ1) is 14.1. The largest absolute Gasteiger partial charge is 0.303 e. The number of likely N-dealkylation sites (tertiary alicyclic amines) is 1. The van der Waals surface area contributed by atoms with E-state index in [-0.39, 0.29) is 0 Å². The lowest BCUT2D eigenvalue weighted by atomic mass is 9.81. The minimum atomic E-state index is -3.23. The number of benzene rings is 2. The first kappa shape index (κ1) is 20.6. The zero-order valence-electron chi connectivity index (χ0n) is 17.3. The predicted molar refractivity (Wildman–Crippen MR) is 119 cm³/mol. The summed E-state index contributed by atoms with van der Waals surface area (Å²) in [5.74, 6) is 0.779. The van der Waals surface area contributed by atoms with Gasteiger partial charge in [0.05, 0.1) is 9.64 Å². The highest BCUT2D eigenvalue weighted by atomic mass is 32.2. The van der Waals surface area contributed by atoms with Crippen LogP contribution in [0.3, 0.4) is 0 Å². The second-order valence-corrected chi connectivity index (χ2v) is 11.3. The molecule has 2 aliphatic rings. The smallest absolute Gasteiger partial charge is 0.184 e. The molecule has 2 aromatic carbocycles. The van der Waals surface area contributed by atoms with Gasteiger partial charge in [-0.25, -0.2) is 8.42 Å². The molecule has 1 aliphatic heterocycles. The second kappa shape index (κ2) is 9.01. The van der Waals surface area contributed by atoms with Crippen molar-refractivity contribution in [3.8, 4) is 0 Å². The molecule has 2 aromatic rings. The molecule has 0 radical (unpaired) electrons. The molecule has 0 aromatic heterocycles. The molecule has 1 saturated carbocycles. The van der Waals surface area contributed by atoms with Gasteiger partial charge in [0, 0.05) is 6.54 Å². The van der Waals surface area contributed by atoms with E-state index >= 15 is 0 Å². The molecule has 4 rings (SSSR count). The average Bonchev–Trinajstić information content (AvgIpc) is 3.17. The number of rotatable bonds is 9. The van der Waals surface area contributed by atoms with Crippen LogP contribution in [0.25, 0.3) is 0 Å². The topological polar surface area (TPSA) is 37.4 Å². The summed E-state index contributed by atoms with van der Waals surface area (Å²) in [6.45, 7) is 3.37. The molecule has 0 bridgehead atoms. The SMILES string of the molecule is O=S(=O)(c1ccccc1)C1(CCCN2CCC(CCc3ccccc3)C2)CCC1. The molecule has 0 amide bonds. The van der Waals surface area contributed by atoms with Gasteiger partial charge in [-0.3, -0.25) is 0 Å². The van der Waals surface area contributed by atoms with E-state index in [9.17, 15) is 8.42 Å². The lowest BCUT2D eigenvalue weighted by molar-refractivity contribution is 0.269. The van der Waals surface area contributed by atoms with E-state index in [4.69, 9.17) is 0 Å². The summed E-state index contributed by atoms with van der Waals surface area (Å²) in [5.41, 5.74) is 1.43. The van der Waals surface area contributed by atoms with Crippen LogP contribution in [-0.2, 0) is 16.3 Å². The minimum Gasteiger partial charge on any atom is -0.303 e. The van der Waals surface area contributed by atoms with Crippen molar-refractivity contribution in [3.05, 3.63) is 66.2 Å². The van der Waals surface area contributed by atoms with E-state index in [1.165, 1.54) is 24.9 Å². The summed E-state index contributed by atoms with van der Waals surface area (Å²) in [6.07, 6.45) is 8.17. The molecule has 156 valence electrons. The predicted octanol–water partition coefficient (Wildman–Crippen LogP) is 5.12. The van der Waals surface area contributed by atoms with Gasteiger partial charge in [-0.2, -0.15) is 0 Å². The maximum atomic E-state index is 13.2. The molecule has 2 fully saturated rings. The third kappa shape index (κ3) is 4.59. The Bertz CT molecular complexity index is 876. The quantitative estimate of drug-likeness (QED) is 0.575. The van der Waals surface area contributed by atoms with Crippen molar-refractivity contribution < 1.29 is 8.42 Å². The second-order valence-electron chi connectivity index (χ2n) is 8.94. The van der Waals surface area contributed by atoms with Crippen molar-refractivity contribution in [1.29, 1.82) is 0 Å². The summed E-state index contributed by atoms with van der Waals surface area (Å²) >= 11 is 0. The molecule has 1 saturated heterocycles. The van der Waals surface area contributed by atoms with Crippen LogP contribution in [0.4, 0.5) is 0 Å². The maximum absolute atomic E-state index is 13.2. The van der Waals surface area contributed by atoms with Gasteiger partial charge in [-0.05, 0) is 81.6 Å². The highest BCUT2D eigenvalue weighted by Gasteiger charge is 2.48. The highest BCUT2D eigenvalue weighted by molar-refractivity contribution is 7.93. The van der Waals surface area contributed by atoms with Crippen molar-refractivity contribution in [2.75, 3.05) is 19.6 Å². The van der Waals surface area contributed by atoms with Gasteiger partial charge < -0.3 is 4.90 Å². The Morgan fingerprint density at radius 1 is 0.966 bits per heavy atom. The molecule has 1 aliphatic carbocycles. The van der Waals surface area contributed by atoms with Crippen LogP contribution in [0.1, 0.15) is 50.5 Å². The number of hydrogen-bond donors (Lipinski definition) is 0. The monoisotopic (exact) mass is 411 g/mol.